The second kappa shape index (κ2) is 9.55. The van der Waals surface area contributed by atoms with Crippen molar-refractivity contribution in [3.63, 3.8) is 0 Å². The number of anilines is 1. The molecule has 5 nitrogen and oxygen atoms in total. The van der Waals surface area contributed by atoms with E-state index in [0.717, 1.165) is 31.2 Å². The first-order valence-corrected chi connectivity index (χ1v) is 13.0. The summed E-state index contributed by atoms with van der Waals surface area (Å²) in [5.41, 5.74) is 2.38. The Balaban J connectivity index is 1.53. The normalized spacial score (nSPS) is 21.9. The maximum atomic E-state index is 13.7. The van der Waals surface area contributed by atoms with Crippen LogP contribution in [0.1, 0.15) is 58.9 Å². The summed E-state index contributed by atoms with van der Waals surface area (Å²) in [6.07, 6.45) is 4.20. The molecule has 3 aromatic carbocycles. The molecule has 1 saturated carbocycles. The zero-order chi connectivity index (χ0) is 23.7. The van der Waals surface area contributed by atoms with E-state index in [1.54, 1.807) is 47.4 Å². The third-order valence-electron chi connectivity index (χ3n) is 6.81. The van der Waals surface area contributed by atoms with Gasteiger partial charge in [-0.25, -0.2) is 4.21 Å². The lowest BCUT2D eigenvalue weighted by Crippen LogP contribution is -2.37. The van der Waals surface area contributed by atoms with E-state index < -0.39 is 10.8 Å². The molecule has 3 aromatic rings. The molecule has 2 amide bonds. The van der Waals surface area contributed by atoms with E-state index in [2.05, 4.69) is 12.2 Å². The summed E-state index contributed by atoms with van der Waals surface area (Å²) in [6, 6.07) is 22.1. The van der Waals surface area contributed by atoms with Crippen LogP contribution >= 0.6 is 0 Å². The van der Waals surface area contributed by atoms with Crippen molar-refractivity contribution in [2.45, 2.75) is 55.0 Å². The zero-order valence-electron chi connectivity index (χ0n) is 19.2. The number of nitrogens with zero attached hydrogens (tertiary/aromatic N) is 1. The van der Waals surface area contributed by atoms with Gasteiger partial charge in [-0.05, 0) is 67.5 Å². The maximum Gasteiger partial charge on any atom is 0.259 e. The molecule has 1 atom stereocenters. The number of carbonyl (C=O) groups excluding carboxylic acids is 2. The minimum Gasteiger partial charge on any atom is -0.349 e. The van der Waals surface area contributed by atoms with E-state index >= 15 is 0 Å². The van der Waals surface area contributed by atoms with Crippen LogP contribution in [0.5, 0.6) is 0 Å². The molecule has 1 N–H and O–H groups in total. The van der Waals surface area contributed by atoms with Crippen molar-refractivity contribution >= 4 is 28.3 Å². The third-order valence-corrected chi connectivity index (χ3v) is 8.31. The molecule has 0 bridgehead atoms. The Morgan fingerprint density at radius 2 is 1.65 bits per heavy atom. The molecule has 0 aromatic heterocycles. The van der Waals surface area contributed by atoms with Gasteiger partial charge < -0.3 is 10.2 Å². The predicted molar refractivity (Wildman–Crippen MR) is 133 cm³/mol. The van der Waals surface area contributed by atoms with Crippen molar-refractivity contribution in [3.8, 4) is 0 Å². The van der Waals surface area contributed by atoms with Crippen LogP contribution in [0.15, 0.2) is 82.6 Å². The van der Waals surface area contributed by atoms with E-state index in [4.69, 9.17) is 0 Å². The lowest BCUT2D eigenvalue weighted by atomic mass is 9.87. The van der Waals surface area contributed by atoms with Crippen LogP contribution in [-0.4, -0.2) is 22.1 Å². The zero-order valence-corrected chi connectivity index (χ0v) is 20.0. The molecule has 0 unspecified atom stereocenters. The molecule has 6 heteroatoms. The molecule has 5 rings (SSSR count). The van der Waals surface area contributed by atoms with Crippen molar-refractivity contribution in [2.75, 3.05) is 4.90 Å². The molecule has 0 saturated heterocycles. The van der Waals surface area contributed by atoms with Crippen molar-refractivity contribution in [3.05, 3.63) is 89.5 Å². The van der Waals surface area contributed by atoms with E-state index in [1.165, 1.54) is 0 Å². The van der Waals surface area contributed by atoms with Gasteiger partial charge in [0, 0.05) is 11.6 Å². The fourth-order valence-corrected chi connectivity index (χ4v) is 6.15. The highest BCUT2D eigenvalue weighted by Crippen LogP contribution is 2.36. The van der Waals surface area contributed by atoms with Gasteiger partial charge in [-0.15, -0.1) is 0 Å². The average Bonchev–Trinajstić information content (AvgIpc) is 2.95. The smallest absolute Gasteiger partial charge is 0.259 e. The molecule has 1 aliphatic carbocycles. The first kappa shape index (κ1) is 22.5. The highest BCUT2D eigenvalue weighted by molar-refractivity contribution is 7.85. The molecule has 1 fully saturated rings. The number of hydrogen-bond donors (Lipinski definition) is 1. The number of rotatable bonds is 4. The van der Waals surface area contributed by atoms with Gasteiger partial charge in [0.25, 0.3) is 11.8 Å². The van der Waals surface area contributed by atoms with Crippen LogP contribution in [0.25, 0.3) is 0 Å². The van der Waals surface area contributed by atoms with Crippen molar-refractivity contribution in [1.29, 1.82) is 0 Å². The molecular formula is C28H28N2O3S. The van der Waals surface area contributed by atoms with Gasteiger partial charge in [-0.1, -0.05) is 49.4 Å². The summed E-state index contributed by atoms with van der Waals surface area (Å²) < 4.78 is 13.5. The summed E-state index contributed by atoms with van der Waals surface area (Å²) in [5, 5.41) is 3.16. The van der Waals surface area contributed by atoms with Gasteiger partial charge in [0.05, 0.1) is 38.4 Å². The molecule has 1 heterocycles. The minimum absolute atomic E-state index is 0.151. The Morgan fingerprint density at radius 3 is 2.41 bits per heavy atom. The second-order valence-corrected chi connectivity index (χ2v) is 10.7. The van der Waals surface area contributed by atoms with Crippen LogP contribution in [0.3, 0.4) is 0 Å². The van der Waals surface area contributed by atoms with Gasteiger partial charge >= 0.3 is 0 Å². The van der Waals surface area contributed by atoms with Gasteiger partial charge in [0.1, 0.15) is 0 Å². The first-order chi connectivity index (χ1) is 16.5. The highest BCUT2D eigenvalue weighted by Gasteiger charge is 2.32. The van der Waals surface area contributed by atoms with E-state index in [-0.39, 0.29) is 17.9 Å². The van der Waals surface area contributed by atoms with Crippen LogP contribution in [-0.2, 0) is 17.3 Å². The lowest BCUT2D eigenvalue weighted by molar-refractivity contribution is 0.0921. The van der Waals surface area contributed by atoms with Gasteiger partial charge in [0.2, 0.25) is 0 Å². The predicted octanol–water partition coefficient (Wildman–Crippen LogP) is 5.32. The second-order valence-electron chi connectivity index (χ2n) is 9.25. The molecule has 34 heavy (non-hydrogen) atoms. The Morgan fingerprint density at radius 1 is 0.941 bits per heavy atom. The van der Waals surface area contributed by atoms with Crippen molar-refractivity contribution in [2.24, 2.45) is 5.92 Å². The SMILES string of the molecule is CC1CCC(NC(=O)c2ccc3c(c2)N(Cc2ccccc2)C(=O)c2ccccc2[S@]3=O)CC1. The van der Waals surface area contributed by atoms with Crippen LogP contribution in [0.4, 0.5) is 5.69 Å². The summed E-state index contributed by atoms with van der Waals surface area (Å²) in [5.74, 6) is 0.335. The van der Waals surface area contributed by atoms with Crippen molar-refractivity contribution in [1.82, 2.24) is 5.32 Å². The molecule has 174 valence electrons. The average molecular weight is 473 g/mol. The number of amides is 2. The largest absolute Gasteiger partial charge is 0.349 e. The van der Waals surface area contributed by atoms with E-state index in [9.17, 15) is 13.8 Å². The fourth-order valence-electron chi connectivity index (χ4n) is 4.80. The van der Waals surface area contributed by atoms with Crippen LogP contribution in [0, 0.1) is 5.92 Å². The standard InChI is InChI=1S/C28H28N2O3S/c1-19-11-14-22(15-12-19)29-27(31)21-13-16-26-24(17-21)30(18-20-7-3-2-4-8-20)28(32)23-9-5-6-10-25(23)34(26)33/h2-10,13,16-17,19,22H,11-12,14-15,18H2,1H3,(H,29,31)/t19?,22?,34-/m1/s1. The number of hydrogen-bond acceptors (Lipinski definition) is 3. The molecule has 0 spiro atoms. The summed E-state index contributed by atoms with van der Waals surface area (Å²) in [7, 11) is -1.53. The summed E-state index contributed by atoms with van der Waals surface area (Å²) >= 11 is 0. The van der Waals surface area contributed by atoms with Crippen LogP contribution in [0.2, 0.25) is 0 Å². The summed E-state index contributed by atoms with van der Waals surface area (Å²) in [4.78, 5) is 29.5. The Labute approximate surface area is 202 Å². The third kappa shape index (κ3) is 4.42. The summed E-state index contributed by atoms with van der Waals surface area (Å²) in [6.45, 7) is 2.57. The number of carbonyl (C=O) groups is 2. The molecule has 1 aliphatic heterocycles. The number of benzene rings is 3. The quantitative estimate of drug-likeness (QED) is 0.559. The Bertz CT molecular complexity index is 1250. The van der Waals surface area contributed by atoms with E-state index in [0.29, 0.717) is 39.1 Å². The van der Waals surface area contributed by atoms with Gasteiger partial charge in [-0.3, -0.25) is 9.59 Å². The van der Waals surface area contributed by atoms with Gasteiger partial charge in [0.15, 0.2) is 0 Å². The Hall–Kier alpha value is -3.25. The minimum atomic E-state index is -1.53. The lowest BCUT2D eigenvalue weighted by Gasteiger charge is -2.27. The van der Waals surface area contributed by atoms with Crippen molar-refractivity contribution < 1.29 is 13.8 Å². The molecule has 0 radical (unpaired) electrons. The first-order valence-electron chi connectivity index (χ1n) is 11.8. The maximum absolute atomic E-state index is 13.7. The van der Waals surface area contributed by atoms with E-state index in [1.807, 2.05) is 30.3 Å². The number of nitrogens with one attached hydrogen (secondary N) is 1. The molecular weight excluding hydrogens is 444 g/mol. The number of fused-ring (bicyclic) bond motifs is 2. The Kier molecular flexibility index (Phi) is 6.33. The topological polar surface area (TPSA) is 66.5 Å². The van der Waals surface area contributed by atoms with Gasteiger partial charge in [-0.2, -0.15) is 0 Å². The fraction of sp³-hybridized carbons (Fsp3) is 0.286. The van der Waals surface area contributed by atoms with Crippen LogP contribution < -0.4 is 10.2 Å². The highest BCUT2D eigenvalue weighted by atomic mass is 32.2. The molecule has 2 aliphatic rings. The monoisotopic (exact) mass is 472 g/mol.